The van der Waals surface area contributed by atoms with E-state index < -0.39 is 0 Å². The van der Waals surface area contributed by atoms with Crippen LogP contribution in [0.15, 0.2) is 30.5 Å². The molecule has 1 aromatic heterocycles. The minimum absolute atomic E-state index is 0.109. The summed E-state index contributed by atoms with van der Waals surface area (Å²) in [5, 5.41) is 4.32. The van der Waals surface area contributed by atoms with Crippen LogP contribution in [0, 0.1) is 0 Å². The van der Waals surface area contributed by atoms with Gasteiger partial charge in [-0.05, 0) is 35.9 Å². The van der Waals surface area contributed by atoms with E-state index in [0.717, 1.165) is 29.3 Å². The standard InChI is InChI=1S/C17H23N3O/c18-11-13-6-7-14-8-9-20(16(14)10-13)12-17(21)19-15-4-2-1-3-5-15/h6-10,15H,1-5,11-12,18H2,(H,19,21). The molecule has 0 atom stereocenters. The van der Waals surface area contributed by atoms with Gasteiger partial charge in [0.05, 0.1) is 0 Å². The first-order valence-electron chi connectivity index (χ1n) is 7.83. The van der Waals surface area contributed by atoms with Crippen molar-refractivity contribution in [2.45, 2.75) is 51.2 Å². The summed E-state index contributed by atoms with van der Waals surface area (Å²) in [7, 11) is 0. The van der Waals surface area contributed by atoms with Crippen LogP contribution >= 0.6 is 0 Å². The van der Waals surface area contributed by atoms with Crippen molar-refractivity contribution in [2.24, 2.45) is 5.73 Å². The van der Waals surface area contributed by atoms with Gasteiger partial charge < -0.3 is 15.6 Å². The molecule has 1 amide bonds. The highest BCUT2D eigenvalue weighted by Gasteiger charge is 2.16. The molecule has 21 heavy (non-hydrogen) atoms. The summed E-state index contributed by atoms with van der Waals surface area (Å²) in [6.45, 7) is 0.906. The molecule has 1 heterocycles. The van der Waals surface area contributed by atoms with Gasteiger partial charge in [0.1, 0.15) is 6.54 Å². The van der Waals surface area contributed by atoms with E-state index in [1.165, 1.54) is 19.3 Å². The van der Waals surface area contributed by atoms with Gasteiger partial charge in [-0.2, -0.15) is 0 Å². The van der Waals surface area contributed by atoms with Gasteiger partial charge in [0.25, 0.3) is 0 Å². The molecule has 3 N–H and O–H groups in total. The van der Waals surface area contributed by atoms with Crippen molar-refractivity contribution >= 4 is 16.8 Å². The lowest BCUT2D eigenvalue weighted by Crippen LogP contribution is -2.38. The highest BCUT2D eigenvalue weighted by atomic mass is 16.2. The molecule has 0 radical (unpaired) electrons. The summed E-state index contributed by atoms with van der Waals surface area (Å²) in [4.78, 5) is 12.2. The number of hydrogen-bond acceptors (Lipinski definition) is 2. The van der Waals surface area contributed by atoms with Gasteiger partial charge in [0, 0.05) is 24.3 Å². The fourth-order valence-electron chi connectivity index (χ4n) is 3.17. The summed E-state index contributed by atoms with van der Waals surface area (Å²) in [6.07, 6.45) is 7.99. The first-order valence-corrected chi connectivity index (χ1v) is 7.83. The number of amides is 1. The smallest absolute Gasteiger partial charge is 0.240 e. The maximum atomic E-state index is 12.2. The van der Waals surface area contributed by atoms with Gasteiger partial charge in [-0.1, -0.05) is 31.4 Å². The lowest BCUT2D eigenvalue weighted by Gasteiger charge is -2.22. The molecule has 0 spiro atoms. The number of benzene rings is 1. The fourth-order valence-corrected chi connectivity index (χ4v) is 3.17. The van der Waals surface area contributed by atoms with E-state index in [0.29, 0.717) is 19.1 Å². The number of hydrogen-bond donors (Lipinski definition) is 2. The highest BCUT2D eigenvalue weighted by Crippen LogP contribution is 2.19. The highest BCUT2D eigenvalue weighted by molar-refractivity contribution is 5.84. The summed E-state index contributed by atoms with van der Waals surface area (Å²) in [5.74, 6) is 0.109. The summed E-state index contributed by atoms with van der Waals surface area (Å²) in [5.41, 5.74) is 7.87. The number of carbonyl (C=O) groups excluding carboxylic acids is 1. The third-order valence-electron chi connectivity index (χ3n) is 4.36. The Bertz CT molecular complexity index is 626. The number of rotatable bonds is 4. The average molecular weight is 285 g/mol. The number of nitrogens with zero attached hydrogens (tertiary/aromatic N) is 1. The fraction of sp³-hybridized carbons (Fsp3) is 0.471. The Morgan fingerprint density at radius 2 is 2.05 bits per heavy atom. The normalized spacial score (nSPS) is 16.2. The number of nitrogens with two attached hydrogens (primary N) is 1. The molecule has 1 fully saturated rings. The van der Waals surface area contributed by atoms with E-state index in [4.69, 9.17) is 5.73 Å². The SMILES string of the molecule is NCc1ccc2ccn(CC(=O)NC3CCCCC3)c2c1. The molecule has 2 aromatic rings. The zero-order valence-electron chi connectivity index (χ0n) is 12.3. The number of nitrogens with one attached hydrogen (secondary N) is 1. The van der Waals surface area contributed by atoms with Crippen LogP contribution < -0.4 is 11.1 Å². The van der Waals surface area contributed by atoms with Crippen LogP contribution in [0.1, 0.15) is 37.7 Å². The quantitative estimate of drug-likeness (QED) is 0.907. The topological polar surface area (TPSA) is 60.0 Å². The van der Waals surface area contributed by atoms with Gasteiger partial charge in [0.2, 0.25) is 5.91 Å². The second-order valence-corrected chi connectivity index (χ2v) is 5.94. The Morgan fingerprint density at radius 3 is 2.81 bits per heavy atom. The Balaban J connectivity index is 1.70. The molecule has 1 aliphatic carbocycles. The van der Waals surface area contributed by atoms with Crippen LogP contribution in [0.3, 0.4) is 0 Å². The van der Waals surface area contributed by atoms with Gasteiger partial charge in [-0.15, -0.1) is 0 Å². The van der Waals surface area contributed by atoms with Crippen molar-refractivity contribution in [2.75, 3.05) is 0 Å². The zero-order valence-corrected chi connectivity index (χ0v) is 12.3. The van der Waals surface area contributed by atoms with Crippen molar-refractivity contribution in [1.29, 1.82) is 0 Å². The van der Waals surface area contributed by atoms with Gasteiger partial charge in [-0.25, -0.2) is 0 Å². The molecule has 4 nitrogen and oxygen atoms in total. The van der Waals surface area contributed by atoms with Gasteiger partial charge >= 0.3 is 0 Å². The second-order valence-electron chi connectivity index (χ2n) is 5.94. The third kappa shape index (κ3) is 3.27. The van der Waals surface area contributed by atoms with Crippen molar-refractivity contribution in [3.8, 4) is 0 Å². The second kappa shape index (κ2) is 6.31. The molecule has 112 valence electrons. The van der Waals surface area contributed by atoms with E-state index >= 15 is 0 Å². The molecule has 0 unspecified atom stereocenters. The van der Waals surface area contributed by atoms with E-state index in [1.54, 1.807) is 0 Å². The molecule has 1 saturated carbocycles. The van der Waals surface area contributed by atoms with Crippen LogP contribution in [0.4, 0.5) is 0 Å². The number of fused-ring (bicyclic) bond motifs is 1. The first kappa shape index (κ1) is 14.1. The van der Waals surface area contributed by atoms with E-state index in [1.807, 2.05) is 22.9 Å². The Morgan fingerprint density at radius 1 is 1.24 bits per heavy atom. The Hall–Kier alpha value is -1.81. The molecule has 3 rings (SSSR count). The molecular weight excluding hydrogens is 262 g/mol. The first-order chi connectivity index (χ1) is 10.3. The minimum Gasteiger partial charge on any atom is -0.352 e. The van der Waals surface area contributed by atoms with Crippen LogP contribution in [0.5, 0.6) is 0 Å². The van der Waals surface area contributed by atoms with E-state index in [2.05, 4.69) is 17.4 Å². The Labute approximate surface area is 125 Å². The lowest BCUT2D eigenvalue weighted by molar-refractivity contribution is -0.122. The monoisotopic (exact) mass is 285 g/mol. The van der Waals surface area contributed by atoms with Crippen LogP contribution in [0.25, 0.3) is 10.9 Å². The number of aromatic nitrogens is 1. The molecule has 4 heteroatoms. The maximum Gasteiger partial charge on any atom is 0.240 e. The maximum absolute atomic E-state index is 12.2. The van der Waals surface area contributed by atoms with Crippen LogP contribution in [-0.4, -0.2) is 16.5 Å². The summed E-state index contributed by atoms with van der Waals surface area (Å²) in [6, 6.07) is 8.59. The molecule has 0 saturated heterocycles. The van der Waals surface area contributed by atoms with Crippen molar-refractivity contribution in [1.82, 2.24) is 9.88 Å². The van der Waals surface area contributed by atoms with Crippen LogP contribution in [0.2, 0.25) is 0 Å². The number of carbonyl (C=O) groups is 1. The predicted molar refractivity (Wildman–Crippen MR) is 84.8 cm³/mol. The lowest BCUT2D eigenvalue weighted by atomic mass is 9.95. The van der Waals surface area contributed by atoms with E-state index in [9.17, 15) is 4.79 Å². The van der Waals surface area contributed by atoms with Crippen molar-refractivity contribution in [3.63, 3.8) is 0 Å². The largest absolute Gasteiger partial charge is 0.352 e. The zero-order chi connectivity index (χ0) is 14.7. The molecule has 0 aliphatic heterocycles. The summed E-state index contributed by atoms with van der Waals surface area (Å²) < 4.78 is 2.01. The Kier molecular flexibility index (Phi) is 4.25. The van der Waals surface area contributed by atoms with Crippen molar-refractivity contribution < 1.29 is 4.79 Å². The molecular formula is C17H23N3O. The van der Waals surface area contributed by atoms with Crippen LogP contribution in [-0.2, 0) is 17.9 Å². The van der Waals surface area contributed by atoms with Gasteiger partial charge in [-0.3, -0.25) is 4.79 Å². The average Bonchev–Trinajstić information content (AvgIpc) is 2.90. The third-order valence-corrected chi connectivity index (χ3v) is 4.36. The molecule has 1 aromatic carbocycles. The minimum atomic E-state index is 0.109. The summed E-state index contributed by atoms with van der Waals surface area (Å²) >= 11 is 0. The molecule has 0 bridgehead atoms. The van der Waals surface area contributed by atoms with Crippen molar-refractivity contribution in [3.05, 3.63) is 36.0 Å². The van der Waals surface area contributed by atoms with Gasteiger partial charge in [0.15, 0.2) is 0 Å². The predicted octanol–water partition coefficient (Wildman–Crippen LogP) is 2.55. The molecule has 1 aliphatic rings. The van der Waals surface area contributed by atoms with E-state index in [-0.39, 0.29) is 5.91 Å².